The van der Waals surface area contributed by atoms with Gasteiger partial charge >= 0.3 is 5.97 Å². The van der Waals surface area contributed by atoms with Gasteiger partial charge in [0.05, 0.1) is 25.7 Å². The fraction of sp³-hybridized carbons (Fsp3) is 0.778. The summed E-state index contributed by atoms with van der Waals surface area (Å²) in [4.78, 5) is 48.0. The van der Waals surface area contributed by atoms with E-state index in [2.05, 4.69) is 15.4 Å². The first-order chi connectivity index (χ1) is 12.8. The summed E-state index contributed by atoms with van der Waals surface area (Å²) in [5, 5.41) is 4.89. The summed E-state index contributed by atoms with van der Waals surface area (Å²) in [5.41, 5.74) is 10.5. The number of hydrogen-bond acceptors (Lipinski definition) is 7. The van der Waals surface area contributed by atoms with Gasteiger partial charge in [0.2, 0.25) is 17.7 Å². The van der Waals surface area contributed by atoms with E-state index in [9.17, 15) is 19.2 Å². The number of carbonyl (C=O) groups is 4. The first-order valence-corrected chi connectivity index (χ1v) is 9.13. The van der Waals surface area contributed by atoms with Crippen LogP contribution in [-0.2, 0) is 28.7 Å². The van der Waals surface area contributed by atoms with Crippen LogP contribution in [-0.4, -0.2) is 61.1 Å². The van der Waals surface area contributed by atoms with Gasteiger partial charge in [0.15, 0.2) is 0 Å². The lowest BCUT2D eigenvalue weighted by molar-refractivity contribution is -0.146. The highest BCUT2D eigenvalue weighted by Gasteiger charge is 2.30. The largest absolute Gasteiger partial charge is 0.467 e. The van der Waals surface area contributed by atoms with Crippen LogP contribution in [0.15, 0.2) is 0 Å². The maximum absolute atomic E-state index is 12.6. The molecule has 0 aliphatic heterocycles. The van der Waals surface area contributed by atoms with Gasteiger partial charge in [0.25, 0.3) is 0 Å². The predicted octanol–water partition coefficient (Wildman–Crippen LogP) is -0.807. The number of amides is 3. The second kappa shape index (κ2) is 11.6. The van der Waals surface area contributed by atoms with Crippen molar-refractivity contribution in [2.24, 2.45) is 17.4 Å². The zero-order chi connectivity index (χ0) is 22.1. The van der Waals surface area contributed by atoms with Gasteiger partial charge in [-0.05, 0) is 33.1 Å². The molecule has 0 aliphatic rings. The molecule has 3 atom stereocenters. The quantitative estimate of drug-likeness (QED) is 0.328. The lowest BCUT2D eigenvalue weighted by Gasteiger charge is -2.25. The maximum atomic E-state index is 12.6. The third-order valence-corrected chi connectivity index (χ3v) is 3.58. The highest BCUT2D eigenvalue weighted by atomic mass is 16.5. The molecule has 3 amide bonds. The van der Waals surface area contributed by atoms with Gasteiger partial charge in [-0.1, -0.05) is 13.8 Å². The summed E-state index contributed by atoms with van der Waals surface area (Å²) in [7, 11) is 1.21. The van der Waals surface area contributed by atoms with Crippen LogP contribution in [0.25, 0.3) is 0 Å². The Morgan fingerprint density at radius 3 is 1.96 bits per heavy atom. The van der Waals surface area contributed by atoms with Crippen molar-refractivity contribution in [1.29, 1.82) is 0 Å². The molecule has 0 bridgehead atoms. The third kappa shape index (κ3) is 10.8. The molecule has 0 radical (unpaired) electrons. The highest BCUT2D eigenvalue weighted by molar-refractivity contribution is 5.94. The average molecular weight is 402 g/mol. The van der Waals surface area contributed by atoms with E-state index < -0.39 is 53.8 Å². The van der Waals surface area contributed by atoms with E-state index in [1.54, 1.807) is 0 Å². The zero-order valence-electron chi connectivity index (χ0n) is 17.5. The minimum absolute atomic E-state index is 0.0711. The van der Waals surface area contributed by atoms with Crippen LogP contribution >= 0.6 is 0 Å². The lowest BCUT2D eigenvalue weighted by Crippen LogP contribution is -2.56. The van der Waals surface area contributed by atoms with Crippen molar-refractivity contribution in [3.05, 3.63) is 0 Å². The number of esters is 1. The van der Waals surface area contributed by atoms with Crippen molar-refractivity contribution in [2.75, 3.05) is 13.7 Å². The number of nitrogens with one attached hydrogen (secondary N) is 2. The molecule has 162 valence electrons. The number of primary amides is 1. The molecule has 0 aromatic heterocycles. The van der Waals surface area contributed by atoms with E-state index in [0.29, 0.717) is 6.42 Å². The van der Waals surface area contributed by atoms with Crippen molar-refractivity contribution < 1.29 is 28.7 Å². The number of methoxy groups -OCH3 is 1. The minimum Gasteiger partial charge on any atom is -0.467 e. The van der Waals surface area contributed by atoms with E-state index in [4.69, 9.17) is 16.2 Å². The Bertz CT molecular complexity index is 559. The second-order valence-corrected chi connectivity index (χ2v) is 7.98. The van der Waals surface area contributed by atoms with Crippen LogP contribution in [0.1, 0.15) is 47.5 Å². The number of hydrogen-bond donors (Lipinski definition) is 4. The van der Waals surface area contributed by atoms with Crippen molar-refractivity contribution in [3.8, 4) is 0 Å². The fourth-order valence-electron chi connectivity index (χ4n) is 2.20. The summed E-state index contributed by atoms with van der Waals surface area (Å²) in [5.74, 6) is -2.73. The second-order valence-electron chi connectivity index (χ2n) is 7.98. The number of carbonyl (C=O) groups excluding carboxylic acids is 4. The molecule has 0 aromatic rings. The van der Waals surface area contributed by atoms with Crippen LogP contribution in [0.4, 0.5) is 0 Å². The molecular weight excluding hydrogens is 368 g/mol. The summed E-state index contributed by atoms with van der Waals surface area (Å²) in [6, 6.07) is -3.23. The summed E-state index contributed by atoms with van der Waals surface area (Å²) >= 11 is 0. The van der Waals surface area contributed by atoms with Gasteiger partial charge in [-0.25, -0.2) is 4.79 Å². The van der Waals surface area contributed by atoms with E-state index >= 15 is 0 Å². The van der Waals surface area contributed by atoms with Crippen LogP contribution in [0.5, 0.6) is 0 Å². The summed E-state index contributed by atoms with van der Waals surface area (Å²) < 4.78 is 10.1. The zero-order valence-corrected chi connectivity index (χ0v) is 17.5. The number of ether oxygens (including phenoxy) is 2. The van der Waals surface area contributed by atoms with Crippen molar-refractivity contribution in [2.45, 2.75) is 71.2 Å². The van der Waals surface area contributed by atoms with Crippen LogP contribution < -0.4 is 22.1 Å². The molecule has 0 saturated heterocycles. The number of nitrogens with two attached hydrogens (primary N) is 2. The van der Waals surface area contributed by atoms with Crippen molar-refractivity contribution in [3.63, 3.8) is 0 Å². The molecular formula is C18H34N4O6. The molecule has 28 heavy (non-hydrogen) atoms. The molecule has 10 heteroatoms. The Morgan fingerprint density at radius 1 is 1.00 bits per heavy atom. The minimum atomic E-state index is -1.27. The van der Waals surface area contributed by atoms with Gasteiger partial charge in [-0.15, -0.1) is 0 Å². The van der Waals surface area contributed by atoms with E-state index in [-0.39, 0.29) is 12.5 Å². The standard InChI is InChI=1S/C18H34N4O6/c1-10(2)7-13(17(26)27-6)22-16(25)12(8-14(20)23)21-15(24)11(19)9-28-18(3,4)5/h10-13H,7-9,19H2,1-6H3,(H2,20,23)(H,21,24)(H,22,25)/t11-,12-,13-/m0/s1. The third-order valence-electron chi connectivity index (χ3n) is 3.58. The van der Waals surface area contributed by atoms with Crippen LogP contribution in [0, 0.1) is 5.92 Å². The average Bonchev–Trinajstić information content (AvgIpc) is 2.55. The topological polar surface area (TPSA) is 163 Å². The molecule has 0 spiro atoms. The Balaban J connectivity index is 5.12. The van der Waals surface area contributed by atoms with Gasteiger partial charge in [-0.2, -0.15) is 0 Å². The molecule has 0 aromatic carbocycles. The molecule has 0 fully saturated rings. The molecule has 0 unspecified atom stereocenters. The first kappa shape index (κ1) is 25.8. The Labute approximate surface area is 166 Å². The lowest BCUT2D eigenvalue weighted by atomic mass is 10.0. The Morgan fingerprint density at radius 2 is 1.54 bits per heavy atom. The van der Waals surface area contributed by atoms with E-state index in [0.717, 1.165) is 0 Å². The smallest absolute Gasteiger partial charge is 0.328 e. The van der Waals surface area contributed by atoms with E-state index in [1.165, 1.54) is 7.11 Å². The van der Waals surface area contributed by atoms with Crippen LogP contribution in [0.3, 0.4) is 0 Å². The summed E-state index contributed by atoms with van der Waals surface area (Å²) in [6.07, 6.45) is -0.116. The number of rotatable bonds is 11. The maximum Gasteiger partial charge on any atom is 0.328 e. The first-order valence-electron chi connectivity index (χ1n) is 9.13. The molecule has 0 aliphatic carbocycles. The van der Waals surface area contributed by atoms with Gasteiger partial charge in [0.1, 0.15) is 18.1 Å². The normalized spacial score (nSPS) is 14.7. The monoisotopic (exact) mass is 402 g/mol. The Kier molecular flexibility index (Phi) is 10.7. The van der Waals surface area contributed by atoms with E-state index in [1.807, 2.05) is 34.6 Å². The fourth-order valence-corrected chi connectivity index (χ4v) is 2.20. The summed E-state index contributed by atoms with van der Waals surface area (Å²) in [6.45, 7) is 9.10. The molecule has 6 N–H and O–H groups in total. The van der Waals surface area contributed by atoms with Crippen LogP contribution in [0.2, 0.25) is 0 Å². The highest BCUT2D eigenvalue weighted by Crippen LogP contribution is 2.08. The molecule has 0 heterocycles. The predicted molar refractivity (Wildman–Crippen MR) is 103 cm³/mol. The van der Waals surface area contributed by atoms with Crippen molar-refractivity contribution in [1.82, 2.24) is 10.6 Å². The molecule has 0 saturated carbocycles. The SMILES string of the molecule is COC(=O)[C@H](CC(C)C)NC(=O)[C@H](CC(N)=O)NC(=O)[C@@H](N)COC(C)(C)C. The van der Waals surface area contributed by atoms with Crippen molar-refractivity contribution >= 4 is 23.7 Å². The molecule has 10 nitrogen and oxygen atoms in total. The van der Waals surface area contributed by atoms with Gasteiger partial charge in [-0.3, -0.25) is 14.4 Å². The van der Waals surface area contributed by atoms with Gasteiger partial charge < -0.3 is 31.6 Å². The Hall–Kier alpha value is -2.20. The molecule has 0 rings (SSSR count). The van der Waals surface area contributed by atoms with Gasteiger partial charge in [0, 0.05) is 0 Å².